The molecule has 1 radical (unpaired) electrons. The first kappa shape index (κ1) is 6.85. The molecule has 0 aromatic carbocycles. The molecule has 0 bridgehead atoms. The molecule has 9 heavy (non-hydrogen) atoms. The summed E-state index contributed by atoms with van der Waals surface area (Å²) in [4.78, 5) is 0. The molecule has 0 spiro atoms. The molecular weight excluding hydrogens is 108 g/mol. The fourth-order valence-corrected chi connectivity index (χ4v) is 1.36. The van der Waals surface area contributed by atoms with Crippen LogP contribution in [0.4, 0.5) is 0 Å². The van der Waals surface area contributed by atoms with Gasteiger partial charge >= 0.3 is 0 Å². The summed E-state index contributed by atoms with van der Waals surface area (Å²) in [5, 5.41) is 0. The maximum atomic E-state index is 3.84. The molecule has 1 aliphatic rings. The highest BCUT2D eigenvalue weighted by Gasteiger charge is 2.00. The van der Waals surface area contributed by atoms with Gasteiger partial charge < -0.3 is 0 Å². The topological polar surface area (TPSA) is 0 Å². The fraction of sp³-hybridized carbons (Fsp3) is 0.667. The molecule has 0 aliphatic heterocycles. The van der Waals surface area contributed by atoms with E-state index < -0.39 is 0 Å². The average Bonchev–Trinajstić information content (AvgIpc) is 1.91. The second-order valence-electron chi connectivity index (χ2n) is 2.71. The maximum absolute atomic E-state index is 3.84. The minimum absolute atomic E-state index is 1.08. The van der Waals surface area contributed by atoms with E-state index in [0.29, 0.717) is 0 Å². The van der Waals surface area contributed by atoms with Crippen molar-refractivity contribution in [3.05, 3.63) is 18.6 Å². The van der Waals surface area contributed by atoms with Crippen molar-refractivity contribution >= 4 is 0 Å². The third kappa shape index (κ3) is 2.21. The van der Waals surface area contributed by atoms with Crippen LogP contribution in [0.1, 0.15) is 38.5 Å². The molecule has 1 aliphatic carbocycles. The van der Waals surface area contributed by atoms with Gasteiger partial charge in [-0.2, -0.15) is 0 Å². The van der Waals surface area contributed by atoms with Crippen LogP contribution in [-0.2, 0) is 0 Å². The fourth-order valence-electron chi connectivity index (χ4n) is 1.36. The zero-order valence-corrected chi connectivity index (χ0v) is 6.03. The first-order valence-corrected chi connectivity index (χ1v) is 3.90. The summed E-state index contributed by atoms with van der Waals surface area (Å²) < 4.78 is 0. The van der Waals surface area contributed by atoms with Gasteiger partial charge in [-0.1, -0.05) is 18.6 Å². The lowest BCUT2D eigenvalue weighted by Crippen LogP contribution is -1.90. The summed E-state index contributed by atoms with van der Waals surface area (Å²) in [7, 11) is 0. The Balaban J connectivity index is 2.28. The van der Waals surface area contributed by atoms with Crippen molar-refractivity contribution in [3.8, 4) is 0 Å². The Bertz CT molecular complexity index is 101. The smallest absolute Gasteiger partial charge is 0.0320 e. The Morgan fingerprint density at radius 1 is 1.44 bits per heavy atom. The van der Waals surface area contributed by atoms with Crippen LogP contribution in [0, 0.1) is 6.92 Å². The van der Waals surface area contributed by atoms with Gasteiger partial charge in [-0.05, 0) is 38.5 Å². The van der Waals surface area contributed by atoms with E-state index in [1.54, 1.807) is 5.57 Å². The predicted octanol–water partition coefficient (Wildman–Crippen LogP) is 3.10. The molecule has 0 heteroatoms. The third-order valence-corrected chi connectivity index (χ3v) is 1.88. The summed E-state index contributed by atoms with van der Waals surface area (Å²) in [6.07, 6.45) is 10.2. The minimum Gasteiger partial charge on any atom is -0.0853 e. The highest BCUT2D eigenvalue weighted by molar-refractivity contribution is 5.04. The van der Waals surface area contributed by atoms with Gasteiger partial charge in [-0.15, -0.1) is 0 Å². The van der Waals surface area contributed by atoms with E-state index in [1.165, 1.54) is 32.1 Å². The highest BCUT2D eigenvalue weighted by atomic mass is 14.1. The lowest BCUT2D eigenvalue weighted by molar-refractivity contribution is 0.676. The Labute approximate surface area is 58.0 Å². The van der Waals surface area contributed by atoms with Crippen molar-refractivity contribution in [3.63, 3.8) is 0 Å². The zero-order chi connectivity index (χ0) is 6.53. The molecule has 0 heterocycles. The van der Waals surface area contributed by atoms with Crippen LogP contribution in [0.2, 0.25) is 0 Å². The van der Waals surface area contributed by atoms with Crippen LogP contribution in [0.25, 0.3) is 0 Å². The van der Waals surface area contributed by atoms with Gasteiger partial charge in [0.1, 0.15) is 0 Å². The van der Waals surface area contributed by atoms with Crippen molar-refractivity contribution in [2.75, 3.05) is 0 Å². The normalized spacial score (nSPS) is 19.4. The van der Waals surface area contributed by atoms with Crippen LogP contribution >= 0.6 is 0 Å². The summed E-state index contributed by atoms with van der Waals surface area (Å²) >= 11 is 0. The van der Waals surface area contributed by atoms with E-state index in [1.807, 2.05) is 0 Å². The minimum atomic E-state index is 1.08. The summed E-state index contributed by atoms with van der Waals surface area (Å²) in [5.41, 5.74) is 1.65. The lowest BCUT2D eigenvalue weighted by Gasteiger charge is -2.10. The molecule has 0 atom stereocenters. The molecule has 1 rings (SSSR count). The van der Waals surface area contributed by atoms with E-state index >= 15 is 0 Å². The largest absolute Gasteiger partial charge is 0.0853 e. The van der Waals surface area contributed by atoms with E-state index in [-0.39, 0.29) is 0 Å². The van der Waals surface area contributed by atoms with Gasteiger partial charge in [0.05, 0.1) is 0 Å². The van der Waals surface area contributed by atoms with Gasteiger partial charge in [0, 0.05) is 0 Å². The van der Waals surface area contributed by atoms with E-state index in [2.05, 4.69) is 13.0 Å². The summed E-state index contributed by atoms with van der Waals surface area (Å²) in [6.45, 7) is 3.84. The third-order valence-electron chi connectivity index (χ3n) is 1.88. The molecule has 0 saturated carbocycles. The van der Waals surface area contributed by atoms with Gasteiger partial charge in [-0.25, -0.2) is 0 Å². The molecule has 51 valence electrons. The Morgan fingerprint density at radius 3 is 2.89 bits per heavy atom. The van der Waals surface area contributed by atoms with Crippen LogP contribution in [0.3, 0.4) is 0 Å². The quantitative estimate of drug-likeness (QED) is 0.495. The van der Waals surface area contributed by atoms with Gasteiger partial charge in [0.2, 0.25) is 0 Å². The van der Waals surface area contributed by atoms with Crippen LogP contribution in [-0.4, -0.2) is 0 Å². The van der Waals surface area contributed by atoms with Gasteiger partial charge in [-0.3, -0.25) is 0 Å². The van der Waals surface area contributed by atoms with Crippen molar-refractivity contribution in [2.45, 2.75) is 38.5 Å². The Hall–Kier alpha value is -0.260. The Kier molecular flexibility index (Phi) is 2.82. The molecule has 0 nitrogen and oxygen atoms in total. The Morgan fingerprint density at radius 2 is 2.33 bits per heavy atom. The van der Waals surface area contributed by atoms with Crippen LogP contribution in [0.5, 0.6) is 0 Å². The first-order chi connectivity index (χ1) is 4.43. The lowest BCUT2D eigenvalue weighted by atomic mass is 9.96. The summed E-state index contributed by atoms with van der Waals surface area (Å²) in [6, 6.07) is 0. The molecule has 0 aromatic rings. The van der Waals surface area contributed by atoms with Crippen molar-refractivity contribution in [1.29, 1.82) is 0 Å². The first-order valence-electron chi connectivity index (χ1n) is 3.90. The van der Waals surface area contributed by atoms with Crippen molar-refractivity contribution in [1.82, 2.24) is 0 Å². The molecule has 0 amide bonds. The number of hydrogen-bond acceptors (Lipinski definition) is 0. The second-order valence-corrected chi connectivity index (χ2v) is 2.71. The molecule has 0 aromatic heterocycles. The standard InChI is InChI=1S/C9H15/c1-2-6-9-7-4-3-5-8-9/h7H,1-6,8H2. The van der Waals surface area contributed by atoms with Crippen molar-refractivity contribution in [2.24, 2.45) is 0 Å². The average molecular weight is 123 g/mol. The van der Waals surface area contributed by atoms with E-state index in [0.717, 1.165) is 6.42 Å². The monoisotopic (exact) mass is 123 g/mol. The molecule has 0 fully saturated rings. The second kappa shape index (κ2) is 3.71. The predicted molar refractivity (Wildman–Crippen MR) is 41.1 cm³/mol. The SMILES string of the molecule is [CH2]CCC1=CCCCC1. The number of hydrogen-bond donors (Lipinski definition) is 0. The molecule has 0 unspecified atom stereocenters. The van der Waals surface area contributed by atoms with Crippen LogP contribution < -0.4 is 0 Å². The van der Waals surface area contributed by atoms with E-state index in [4.69, 9.17) is 0 Å². The molecular formula is C9H15. The van der Waals surface area contributed by atoms with Crippen LogP contribution in [0.15, 0.2) is 11.6 Å². The van der Waals surface area contributed by atoms with Crippen molar-refractivity contribution < 1.29 is 0 Å². The maximum Gasteiger partial charge on any atom is -0.0320 e. The zero-order valence-electron chi connectivity index (χ0n) is 6.03. The molecule has 0 N–H and O–H groups in total. The number of allylic oxidation sites excluding steroid dienone is 2. The van der Waals surface area contributed by atoms with Gasteiger partial charge in [0.25, 0.3) is 0 Å². The highest BCUT2D eigenvalue weighted by Crippen LogP contribution is 2.20. The summed E-state index contributed by atoms with van der Waals surface area (Å²) in [5.74, 6) is 0. The van der Waals surface area contributed by atoms with Gasteiger partial charge in [0.15, 0.2) is 0 Å². The molecule has 0 saturated heterocycles. The van der Waals surface area contributed by atoms with E-state index in [9.17, 15) is 0 Å². The number of rotatable bonds is 2.